The minimum atomic E-state index is -5.09. The lowest BCUT2D eigenvalue weighted by atomic mass is 10.0. The van der Waals surface area contributed by atoms with Crippen molar-refractivity contribution >= 4 is 5.78 Å². The molecule has 1 rings (SSSR count). The Hall–Kier alpha value is -1.92. The van der Waals surface area contributed by atoms with Gasteiger partial charge in [0, 0.05) is 11.6 Å². The maximum Gasteiger partial charge on any atom is 0.455 e. The van der Waals surface area contributed by atoms with Crippen molar-refractivity contribution in [2.24, 2.45) is 0 Å². The van der Waals surface area contributed by atoms with Crippen LogP contribution >= 0.6 is 0 Å². The van der Waals surface area contributed by atoms with E-state index in [0.29, 0.717) is 0 Å². The third kappa shape index (κ3) is 2.34. The molecule has 1 N–H and O–H groups in total. The molecule has 0 saturated heterocycles. The second-order valence-electron chi connectivity index (χ2n) is 3.46. The average Bonchev–Trinajstić information content (AvgIpc) is 2.30. The number of phenols is 1. The smallest absolute Gasteiger partial charge is 0.455 e. The largest absolute Gasteiger partial charge is 0.507 e. The fourth-order valence-electron chi connectivity index (χ4n) is 1.45. The fraction of sp³-hybridized carbons (Fsp3) is 0.364. The van der Waals surface area contributed by atoms with E-state index in [1.54, 1.807) is 0 Å². The molecule has 0 radical (unpaired) electrons. The van der Waals surface area contributed by atoms with Gasteiger partial charge in [-0.15, -0.1) is 0 Å². The lowest BCUT2D eigenvalue weighted by Gasteiger charge is -2.15. The lowest BCUT2D eigenvalue weighted by molar-refractivity contribution is -0.0888. The van der Waals surface area contributed by atoms with Crippen LogP contribution in [0.25, 0.3) is 0 Å². The highest BCUT2D eigenvalue weighted by atomic mass is 19.4. The molecule has 0 aliphatic heterocycles. The molecular weight excluding hydrogens is 253 g/mol. The van der Waals surface area contributed by atoms with Gasteiger partial charge in [0.25, 0.3) is 5.78 Å². The van der Waals surface area contributed by atoms with Crippen LogP contribution in [0.15, 0.2) is 6.07 Å². The van der Waals surface area contributed by atoms with Crippen molar-refractivity contribution < 1.29 is 32.5 Å². The normalized spacial score (nSPS) is 11.2. The van der Waals surface area contributed by atoms with Gasteiger partial charge in [-0.25, -0.2) is 0 Å². The molecule has 0 aliphatic rings. The Balaban J connectivity index is 3.53. The van der Waals surface area contributed by atoms with E-state index in [1.165, 1.54) is 14.0 Å². The summed E-state index contributed by atoms with van der Waals surface area (Å²) in [6, 6.07) is 1.12. The van der Waals surface area contributed by atoms with Crippen LogP contribution in [0.1, 0.15) is 15.9 Å². The molecule has 0 aromatic heterocycles. The molecule has 0 amide bonds. The number of halogens is 3. The van der Waals surface area contributed by atoms with Gasteiger partial charge in [-0.05, 0) is 6.92 Å². The summed E-state index contributed by atoms with van der Waals surface area (Å²) in [6.45, 7) is 1.33. The fourth-order valence-corrected chi connectivity index (χ4v) is 1.45. The number of methoxy groups -OCH3 is 2. The number of hydrogen-bond donors (Lipinski definition) is 1. The molecule has 100 valence electrons. The average molecular weight is 264 g/mol. The molecule has 0 saturated carbocycles. The summed E-state index contributed by atoms with van der Waals surface area (Å²) in [5, 5.41) is 9.67. The monoisotopic (exact) mass is 264 g/mol. The maximum atomic E-state index is 12.4. The number of alkyl halides is 3. The van der Waals surface area contributed by atoms with Crippen molar-refractivity contribution in [3.05, 3.63) is 17.2 Å². The van der Waals surface area contributed by atoms with Gasteiger partial charge in [-0.2, -0.15) is 13.2 Å². The zero-order chi connectivity index (χ0) is 14.1. The highest BCUT2D eigenvalue weighted by Gasteiger charge is 2.43. The first-order valence-electron chi connectivity index (χ1n) is 4.80. The topological polar surface area (TPSA) is 55.8 Å². The number of ketones is 1. The number of rotatable bonds is 3. The lowest BCUT2D eigenvalue weighted by Crippen LogP contribution is -2.23. The highest BCUT2D eigenvalue weighted by Crippen LogP contribution is 2.40. The molecule has 0 atom stereocenters. The number of carbonyl (C=O) groups is 1. The Morgan fingerprint density at radius 2 is 1.72 bits per heavy atom. The third-order valence-corrected chi connectivity index (χ3v) is 2.39. The van der Waals surface area contributed by atoms with E-state index < -0.39 is 29.0 Å². The number of ether oxygens (including phenoxy) is 2. The van der Waals surface area contributed by atoms with Crippen molar-refractivity contribution in [2.45, 2.75) is 13.1 Å². The summed E-state index contributed by atoms with van der Waals surface area (Å²) in [5.41, 5.74) is -0.880. The van der Waals surface area contributed by atoms with Crippen LogP contribution in [-0.2, 0) is 0 Å². The third-order valence-electron chi connectivity index (χ3n) is 2.39. The van der Waals surface area contributed by atoms with Crippen molar-refractivity contribution in [3.63, 3.8) is 0 Å². The zero-order valence-corrected chi connectivity index (χ0v) is 9.88. The molecule has 18 heavy (non-hydrogen) atoms. The number of benzene rings is 1. The molecule has 0 fully saturated rings. The predicted octanol–water partition coefficient (Wildman–Crippen LogP) is 2.46. The molecule has 0 aliphatic carbocycles. The van der Waals surface area contributed by atoms with Crippen molar-refractivity contribution in [3.8, 4) is 17.2 Å². The maximum absolute atomic E-state index is 12.4. The van der Waals surface area contributed by atoms with Gasteiger partial charge in [0.2, 0.25) is 0 Å². The van der Waals surface area contributed by atoms with E-state index in [0.717, 1.165) is 13.2 Å². The molecule has 0 spiro atoms. The SMILES string of the molecule is COc1cc(OC)c(C(=O)C(F)(F)F)c(O)c1C. The number of Topliss-reactive ketones (excluding diaryl/α,β-unsaturated/α-hetero) is 1. The Morgan fingerprint density at radius 1 is 1.22 bits per heavy atom. The number of aromatic hydroxyl groups is 1. The Morgan fingerprint density at radius 3 is 2.11 bits per heavy atom. The van der Waals surface area contributed by atoms with Gasteiger partial charge in [0.15, 0.2) is 0 Å². The van der Waals surface area contributed by atoms with Gasteiger partial charge >= 0.3 is 6.18 Å². The second-order valence-corrected chi connectivity index (χ2v) is 3.46. The molecule has 4 nitrogen and oxygen atoms in total. The van der Waals surface area contributed by atoms with Crippen LogP contribution in [0.2, 0.25) is 0 Å². The summed E-state index contributed by atoms with van der Waals surface area (Å²) in [4.78, 5) is 11.2. The standard InChI is InChI=1S/C11H11F3O4/c1-5-6(17-2)4-7(18-3)8(9(5)15)10(16)11(12,13)14/h4,15H,1-3H3. The summed E-state index contributed by atoms with van der Waals surface area (Å²) in [6.07, 6.45) is -5.09. The first-order valence-corrected chi connectivity index (χ1v) is 4.80. The minimum absolute atomic E-state index is 0.0332. The van der Waals surface area contributed by atoms with Crippen molar-refractivity contribution in [2.75, 3.05) is 14.2 Å². The number of phenolic OH excluding ortho intramolecular Hbond substituents is 1. The van der Waals surface area contributed by atoms with Gasteiger partial charge in [-0.3, -0.25) is 4.79 Å². The van der Waals surface area contributed by atoms with Crippen LogP contribution < -0.4 is 9.47 Å². The Kier molecular flexibility index (Phi) is 3.73. The molecule has 7 heteroatoms. The van der Waals surface area contributed by atoms with E-state index in [2.05, 4.69) is 4.74 Å². The molecule has 0 bridgehead atoms. The molecular formula is C11H11F3O4. The van der Waals surface area contributed by atoms with Crippen LogP contribution in [-0.4, -0.2) is 31.3 Å². The van der Waals surface area contributed by atoms with Gasteiger partial charge < -0.3 is 14.6 Å². The van der Waals surface area contributed by atoms with E-state index in [-0.39, 0.29) is 11.3 Å². The second kappa shape index (κ2) is 4.75. The molecule has 0 unspecified atom stereocenters. The Labute approximate surface area is 101 Å². The zero-order valence-electron chi connectivity index (χ0n) is 9.88. The first-order chi connectivity index (χ1) is 8.23. The minimum Gasteiger partial charge on any atom is -0.507 e. The number of hydrogen-bond acceptors (Lipinski definition) is 4. The van der Waals surface area contributed by atoms with Crippen molar-refractivity contribution in [1.82, 2.24) is 0 Å². The molecule has 0 heterocycles. The highest BCUT2D eigenvalue weighted by molar-refractivity contribution is 6.05. The quantitative estimate of drug-likeness (QED) is 0.852. The van der Waals surface area contributed by atoms with Crippen LogP contribution in [0.5, 0.6) is 17.2 Å². The number of carbonyl (C=O) groups excluding carboxylic acids is 1. The summed E-state index contributed by atoms with van der Waals surface area (Å²) in [5.74, 6) is -3.23. The van der Waals surface area contributed by atoms with E-state index >= 15 is 0 Å². The predicted molar refractivity (Wildman–Crippen MR) is 56.3 cm³/mol. The molecule has 1 aromatic carbocycles. The molecule has 1 aromatic rings. The van der Waals surface area contributed by atoms with Gasteiger partial charge in [0.05, 0.1) is 14.2 Å². The Bertz CT molecular complexity index is 480. The summed E-state index contributed by atoms with van der Waals surface area (Å²) >= 11 is 0. The van der Waals surface area contributed by atoms with E-state index in [4.69, 9.17) is 4.74 Å². The van der Waals surface area contributed by atoms with E-state index in [9.17, 15) is 23.1 Å². The van der Waals surface area contributed by atoms with Gasteiger partial charge in [0.1, 0.15) is 22.8 Å². The van der Waals surface area contributed by atoms with Crippen molar-refractivity contribution in [1.29, 1.82) is 0 Å². The first kappa shape index (κ1) is 14.1. The van der Waals surface area contributed by atoms with Gasteiger partial charge in [-0.1, -0.05) is 0 Å². The van der Waals surface area contributed by atoms with Crippen LogP contribution in [0.3, 0.4) is 0 Å². The van der Waals surface area contributed by atoms with E-state index in [1.807, 2.05) is 0 Å². The summed E-state index contributed by atoms with van der Waals surface area (Å²) < 4.78 is 46.7. The van der Waals surface area contributed by atoms with Crippen LogP contribution in [0.4, 0.5) is 13.2 Å². The summed E-state index contributed by atoms with van der Waals surface area (Å²) in [7, 11) is 2.38. The van der Waals surface area contributed by atoms with Crippen LogP contribution in [0, 0.1) is 6.92 Å².